The second-order valence-corrected chi connectivity index (χ2v) is 7.64. The van der Waals surface area contributed by atoms with Gasteiger partial charge in [-0.25, -0.2) is 13.5 Å². The molecule has 1 aromatic carbocycles. The van der Waals surface area contributed by atoms with Crippen LogP contribution in [0.1, 0.15) is 30.0 Å². The molecule has 1 aliphatic rings. The van der Waals surface area contributed by atoms with Crippen molar-refractivity contribution < 1.29 is 22.0 Å². The van der Waals surface area contributed by atoms with Crippen LogP contribution in [0.15, 0.2) is 41.1 Å². The van der Waals surface area contributed by atoms with E-state index >= 15 is 0 Å². The molecule has 0 spiro atoms. The molecule has 0 N–H and O–H groups in total. The minimum Gasteiger partial charge on any atom is -0.415 e. The molecule has 1 saturated heterocycles. The van der Waals surface area contributed by atoms with E-state index in [1.165, 1.54) is 16.9 Å². The van der Waals surface area contributed by atoms with E-state index in [4.69, 9.17) is 4.42 Å². The Bertz CT molecular complexity index is 1290. The summed E-state index contributed by atoms with van der Waals surface area (Å²) in [6.07, 6.45) is 1.02. The topological polar surface area (TPSA) is 85.8 Å². The molecule has 0 unspecified atom stereocenters. The van der Waals surface area contributed by atoms with Crippen molar-refractivity contribution in [1.29, 1.82) is 0 Å². The van der Waals surface area contributed by atoms with E-state index in [1.807, 2.05) is 0 Å². The lowest BCUT2D eigenvalue weighted by molar-refractivity contribution is 0.116. The molecule has 33 heavy (non-hydrogen) atoms. The van der Waals surface area contributed by atoms with Gasteiger partial charge in [0.2, 0.25) is 5.89 Å². The molecule has 0 saturated carbocycles. The summed E-state index contributed by atoms with van der Waals surface area (Å²) in [5, 5.41) is 14.7. The molecule has 0 amide bonds. The van der Waals surface area contributed by atoms with E-state index in [9.17, 15) is 17.6 Å². The Morgan fingerprint density at radius 2 is 1.79 bits per heavy atom. The number of halogens is 4. The van der Waals surface area contributed by atoms with Crippen LogP contribution < -0.4 is 0 Å². The highest BCUT2D eigenvalue weighted by Gasteiger charge is 2.19. The number of alkyl halides is 2. The van der Waals surface area contributed by atoms with Crippen molar-refractivity contribution in [2.75, 3.05) is 13.1 Å². The zero-order chi connectivity index (χ0) is 22.9. The predicted octanol–water partition coefficient (Wildman–Crippen LogP) is 3.86. The fourth-order valence-corrected chi connectivity index (χ4v) is 3.42. The monoisotopic (exact) mass is 459 g/mol. The third-order valence-electron chi connectivity index (χ3n) is 5.33. The van der Waals surface area contributed by atoms with Crippen molar-refractivity contribution in [3.05, 3.63) is 65.4 Å². The van der Waals surface area contributed by atoms with Gasteiger partial charge in [0.25, 0.3) is 5.89 Å². The molecule has 12 heteroatoms. The first-order valence-corrected chi connectivity index (χ1v) is 10.1. The Hall–Kier alpha value is -3.67. The summed E-state index contributed by atoms with van der Waals surface area (Å²) in [7, 11) is 0. The molecule has 0 radical (unpaired) electrons. The maximum Gasteiger partial charge on any atom is 0.314 e. The smallest absolute Gasteiger partial charge is 0.314 e. The largest absolute Gasteiger partial charge is 0.415 e. The third kappa shape index (κ3) is 4.46. The number of hydrogen-bond donors (Lipinski definition) is 0. The lowest BCUT2D eigenvalue weighted by Crippen LogP contribution is -2.36. The van der Waals surface area contributed by atoms with Gasteiger partial charge in [-0.05, 0) is 31.6 Å². The summed E-state index contributed by atoms with van der Waals surface area (Å²) >= 11 is 0. The molecule has 0 bridgehead atoms. The van der Waals surface area contributed by atoms with Crippen LogP contribution in [0, 0.1) is 11.6 Å². The third-order valence-corrected chi connectivity index (χ3v) is 5.33. The van der Waals surface area contributed by atoms with Crippen LogP contribution in [0.2, 0.25) is 0 Å². The Labute approximate surface area is 184 Å². The SMILES string of the molecule is Fc1cc(-c2cn(Cc3ncc(-c4nnc(C(F)F)o4)cc3F)nn2)ccc1CN1CCC1. The zero-order valence-corrected chi connectivity index (χ0v) is 17.1. The first kappa shape index (κ1) is 21.2. The van der Waals surface area contributed by atoms with Crippen LogP contribution in [-0.4, -0.2) is 48.2 Å². The molecule has 1 fully saturated rings. The number of benzene rings is 1. The van der Waals surface area contributed by atoms with Gasteiger partial charge in [0.1, 0.15) is 17.3 Å². The summed E-state index contributed by atoms with van der Waals surface area (Å²) in [4.78, 5) is 6.17. The molecule has 0 atom stereocenters. The van der Waals surface area contributed by atoms with Crippen LogP contribution in [0.5, 0.6) is 0 Å². The van der Waals surface area contributed by atoms with Gasteiger partial charge < -0.3 is 4.42 Å². The number of hydrogen-bond acceptors (Lipinski definition) is 7. The van der Waals surface area contributed by atoms with Gasteiger partial charge in [-0.1, -0.05) is 17.3 Å². The highest BCUT2D eigenvalue weighted by atomic mass is 19.3. The van der Waals surface area contributed by atoms with Crippen LogP contribution >= 0.6 is 0 Å². The number of nitrogens with zero attached hydrogens (tertiary/aromatic N) is 7. The van der Waals surface area contributed by atoms with Gasteiger partial charge in [0.05, 0.1) is 24.0 Å². The number of likely N-dealkylation sites (tertiary alicyclic amines) is 1. The predicted molar refractivity (Wildman–Crippen MR) is 107 cm³/mol. The molecule has 4 aromatic rings. The van der Waals surface area contributed by atoms with Crippen LogP contribution in [0.3, 0.4) is 0 Å². The van der Waals surface area contributed by atoms with E-state index in [0.717, 1.165) is 25.6 Å². The van der Waals surface area contributed by atoms with Gasteiger partial charge in [-0.2, -0.15) is 8.78 Å². The average molecular weight is 459 g/mol. The molecule has 5 rings (SSSR count). The van der Waals surface area contributed by atoms with Gasteiger partial charge in [-0.15, -0.1) is 15.3 Å². The molecule has 0 aliphatic carbocycles. The van der Waals surface area contributed by atoms with Crippen LogP contribution in [-0.2, 0) is 13.1 Å². The quantitative estimate of drug-likeness (QED) is 0.388. The first-order chi connectivity index (χ1) is 16.0. The van der Waals surface area contributed by atoms with Crippen molar-refractivity contribution in [1.82, 2.24) is 35.1 Å². The molecule has 3 aromatic heterocycles. The van der Waals surface area contributed by atoms with E-state index in [-0.39, 0.29) is 29.5 Å². The van der Waals surface area contributed by atoms with Crippen molar-refractivity contribution in [3.8, 4) is 22.7 Å². The maximum atomic E-state index is 14.5. The zero-order valence-electron chi connectivity index (χ0n) is 17.1. The minimum atomic E-state index is -2.92. The Balaban J connectivity index is 1.30. The Kier molecular flexibility index (Phi) is 5.58. The summed E-state index contributed by atoms with van der Waals surface area (Å²) in [6.45, 7) is 2.49. The average Bonchev–Trinajstić information content (AvgIpc) is 3.43. The van der Waals surface area contributed by atoms with Gasteiger partial charge in [0, 0.05) is 23.9 Å². The van der Waals surface area contributed by atoms with Gasteiger partial charge in [0.15, 0.2) is 0 Å². The fraction of sp³-hybridized carbons (Fsp3) is 0.286. The molecule has 1 aliphatic heterocycles. The van der Waals surface area contributed by atoms with Gasteiger partial charge in [-0.3, -0.25) is 9.88 Å². The lowest BCUT2D eigenvalue weighted by Gasteiger charge is -2.30. The highest BCUT2D eigenvalue weighted by molar-refractivity contribution is 5.58. The molecular weight excluding hydrogens is 442 g/mol. The van der Waals surface area contributed by atoms with E-state index in [2.05, 4.69) is 30.4 Å². The molecular formula is C21H17F4N7O. The van der Waals surface area contributed by atoms with Crippen molar-refractivity contribution in [3.63, 3.8) is 0 Å². The van der Waals surface area contributed by atoms with E-state index < -0.39 is 18.1 Å². The highest BCUT2D eigenvalue weighted by Crippen LogP contribution is 2.25. The Morgan fingerprint density at radius 1 is 0.970 bits per heavy atom. The number of aromatic nitrogens is 6. The van der Waals surface area contributed by atoms with E-state index in [0.29, 0.717) is 23.4 Å². The van der Waals surface area contributed by atoms with Gasteiger partial charge >= 0.3 is 6.43 Å². The van der Waals surface area contributed by atoms with Crippen molar-refractivity contribution >= 4 is 0 Å². The molecule has 170 valence electrons. The summed E-state index contributed by atoms with van der Waals surface area (Å²) in [5.41, 5.74) is 1.73. The van der Waals surface area contributed by atoms with Crippen molar-refractivity contribution in [2.45, 2.75) is 25.9 Å². The standard InChI is InChI=1S/C21H17F4N7O/c22-15-6-12(2-3-13(15)9-31-4-1-5-31)17-10-32(30-27-17)11-18-16(23)7-14(8-26-18)20-28-29-21(33-20)19(24)25/h2-3,6-8,10,19H,1,4-5,9,11H2. The van der Waals surface area contributed by atoms with Crippen molar-refractivity contribution in [2.24, 2.45) is 0 Å². The van der Waals surface area contributed by atoms with Crippen LogP contribution in [0.25, 0.3) is 22.7 Å². The van der Waals surface area contributed by atoms with Crippen LogP contribution in [0.4, 0.5) is 17.6 Å². The maximum absolute atomic E-state index is 14.5. The fourth-order valence-electron chi connectivity index (χ4n) is 3.42. The number of pyridine rings is 1. The summed E-state index contributed by atoms with van der Waals surface area (Å²) < 4.78 is 60.4. The second kappa shape index (κ2) is 8.70. The number of rotatable bonds is 7. The summed E-state index contributed by atoms with van der Waals surface area (Å²) in [6, 6.07) is 5.99. The molecule has 4 heterocycles. The normalized spacial score (nSPS) is 14.1. The van der Waals surface area contributed by atoms with E-state index in [1.54, 1.807) is 18.3 Å². The molecule has 8 nitrogen and oxygen atoms in total. The first-order valence-electron chi connectivity index (χ1n) is 10.1. The Morgan fingerprint density at radius 3 is 2.45 bits per heavy atom. The lowest BCUT2D eigenvalue weighted by atomic mass is 10.1. The minimum absolute atomic E-state index is 0.0409. The summed E-state index contributed by atoms with van der Waals surface area (Å²) in [5.74, 6) is -2.13. The second-order valence-electron chi connectivity index (χ2n) is 7.64.